The van der Waals surface area contributed by atoms with Crippen LogP contribution in [0.3, 0.4) is 0 Å². The zero-order chi connectivity index (χ0) is 13.5. The molecule has 3 aliphatic heterocycles. The molecule has 0 saturated carbocycles. The topological polar surface area (TPSA) is 29.5 Å². The third kappa shape index (κ3) is 1.74. The normalized spacial score (nSPS) is 34.3. The van der Waals surface area contributed by atoms with Crippen LogP contribution in [0.4, 0.5) is 0 Å². The predicted molar refractivity (Wildman–Crippen MR) is 73.3 cm³/mol. The van der Waals surface area contributed by atoms with Gasteiger partial charge in [0.05, 0.1) is 6.04 Å². The monoisotopic (exact) mass is 257 g/mol. The van der Waals surface area contributed by atoms with Gasteiger partial charge < -0.3 is 4.74 Å². The largest absolute Gasteiger partial charge is 0.449 e. The van der Waals surface area contributed by atoms with Crippen molar-refractivity contribution in [3.05, 3.63) is 23.3 Å². The molecule has 0 unspecified atom stereocenters. The van der Waals surface area contributed by atoms with Crippen LogP contribution in [-0.2, 0) is 9.53 Å². The van der Waals surface area contributed by atoms with Crippen molar-refractivity contribution in [3.8, 4) is 12.3 Å². The third-order valence-corrected chi connectivity index (χ3v) is 4.65. The van der Waals surface area contributed by atoms with Crippen LogP contribution >= 0.6 is 0 Å². The van der Waals surface area contributed by atoms with Gasteiger partial charge in [0, 0.05) is 23.8 Å². The highest BCUT2D eigenvalue weighted by Crippen LogP contribution is 2.45. The molecule has 1 saturated heterocycles. The van der Waals surface area contributed by atoms with Crippen molar-refractivity contribution in [2.45, 2.75) is 44.2 Å². The number of rotatable bonds is 1. The summed E-state index contributed by atoms with van der Waals surface area (Å²) in [5, 5.41) is 0. The molecule has 0 N–H and O–H groups in total. The highest BCUT2D eigenvalue weighted by Gasteiger charge is 2.52. The lowest BCUT2D eigenvalue weighted by atomic mass is 9.78. The lowest BCUT2D eigenvalue weighted by Gasteiger charge is -2.44. The van der Waals surface area contributed by atoms with Crippen LogP contribution in [0.25, 0.3) is 0 Å². The molecule has 2 atom stereocenters. The molecule has 0 radical (unpaired) electrons. The van der Waals surface area contributed by atoms with Gasteiger partial charge in [0.15, 0.2) is 5.60 Å². The van der Waals surface area contributed by atoms with E-state index in [1.807, 2.05) is 0 Å². The number of nitrogens with zero attached hydrogens (tertiary/aromatic N) is 1. The highest BCUT2D eigenvalue weighted by atomic mass is 16.6. The minimum absolute atomic E-state index is 0.245. The van der Waals surface area contributed by atoms with E-state index in [0.29, 0.717) is 0 Å². The summed E-state index contributed by atoms with van der Waals surface area (Å²) in [6.45, 7) is 4.01. The van der Waals surface area contributed by atoms with Crippen LogP contribution in [-0.4, -0.2) is 35.6 Å². The van der Waals surface area contributed by atoms with Gasteiger partial charge >= 0.3 is 5.97 Å². The number of hydrogen-bond donors (Lipinski definition) is 0. The van der Waals surface area contributed by atoms with Gasteiger partial charge in [-0.05, 0) is 25.8 Å². The van der Waals surface area contributed by atoms with Gasteiger partial charge in [-0.2, -0.15) is 0 Å². The Morgan fingerprint density at radius 3 is 3.16 bits per heavy atom. The maximum atomic E-state index is 11.8. The molecule has 1 fully saturated rings. The Morgan fingerprint density at radius 1 is 1.58 bits per heavy atom. The molecular formula is C16H19NO2. The van der Waals surface area contributed by atoms with Crippen molar-refractivity contribution in [2.24, 2.45) is 0 Å². The van der Waals surface area contributed by atoms with Crippen LogP contribution in [0, 0.1) is 12.3 Å². The zero-order valence-corrected chi connectivity index (χ0v) is 11.3. The molecule has 0 aromatic heterocycles. The fourth-order valence-electron chi connectivity index (χ4n) is 3.75. The van der Waals surface area contributed by atoms with E-state index in [9.17, 15) is 4.79 Å². The lowest BCUT2D eigenvalue weighted by Crippen LogP contribution is -2.55. The molecule has 0 aromatic rings. The quantitative estimate of drug-likeness (QED) is 0.532. The van der Waals surface area contributed by atoms with Crippen molar-refractivity contribution >= 4 is 5.97 Å². The second kappa shape index (κ2) is 4.54. The number of carbonyl (C=O) groups is 1. The van der Waals surface area contributed by atoms with Crippen molar-refractivity contribution in [3.63, 3.8) is 0 Å². The van der Waals surface area contributed by atoms with E-state index in [1.54, 1.807) is 6.08 Å². The zero-order valence-electron chi connectivity index (χ0n) is 11.3. The minimum Gasteiger partial charge on any atom is -0.449 e. The van der Waals surface area contributed by atoms with E-state index in [1.165, 1.54) is 12.8 Å². The summed E-state index contributed by atoms with van der Waals surface area (Å²) in [7, 11) is 0. The smallest absolute Gasteiger partial charge is 0.332 e. The summed E-state index contributed by atoms with van der Waals surface area (Å²) in [5.74, 6) is 2.49. The molecular weight excluding hydrogens is 238 g/mol. The molecule has 19 heavy (non-hydrogen) atoms. The van der Waals surface area contributed by atoms with Crippen molar-refractivity contribution in [1.82, 2.24) is 4.90 Å². The predicted octanol–water partition coefficient (Wildman–Crippen LogP) is 2.05. The molecule has 3 rings (SSSR count). The number of hydrogen-bond acceptors (Lipinski definition) is 3. The Hall–Kier alpha value is -1.53. The van der Waals surface area contributed by atoms with Gasteiger partial charge in [0.2, 0.25) is 0 Å². The van der Waals surface area contributed by atoms with Gasteiger partial charge in [-0.25, -0.2) is 4.79 Å². The van der Waals surface area contributed by atoms with Crippen molar-refractivity contribution < 1.29 is 9.53 Å². The maximum Gasteiger partial charge on any atom is 0.332 e. The Morgan fingerprint density at radius 2 is 2.42 bits per heavy atom. The van der Waals surface area contributed by atoms with Crippen molar-refractivity contribution in [2.75, 3.05) is 13.1 Å². The third-order valence-electron chi connectivity index (χ3n) is 4.65. The fraction of sp³-hybridized carbons (Fsp3) is 0.562. The molecule has 0 bridgehead atoms. The molecule has 0 spiro atoms. The average Bonchev–Trinajstić information content (AvgIpc) is 2.72. The van der Waals surface area contributed by atoms with Gasteiger partial charge in [0.25, 0.3) is 0 Å². The first-order valence-corrected chi connectivity index (χ1v) is 7.07. The molecule has 3 aliphatic rings. The lowest BCUT2D eigenvalue weighted by molar-refractivity contribution is -0.153. The fourth-order valence-corrected chi connectivity index (χ4v) is 3.75. The Balaban J connectivity index is 2.12. The second-order valence-corrected chi connectivity index (χ2v) is 5.49. The maximum absolute atomic E-state index is 11.8. The van der Waals surface area contributed by atoms with Gasteiger partial charge in [-0.15, -0.1) is 6.42 Å². The number of fused-ring (bicyclic) bond motifs is 3. The Labute approximate surface area is 114 Å². The molecule has 0 aromatic carbocycles. The second-order valence-electron chi connectivity index (χ2n) is 5.49. The van der Waals surface area contributed by atoms with E-state index in [-0.39, 0.29) is 12.0 Å². The summed E-state index contributed by atoms with van der Waals surface area (Å²) in [4.78, 5) is 14.2. The molecule has 3 nitrogen and oxygen atoms in total. The molecule has 0 aliphatic carbocycles. The SMILES string of the molecule is C#CC1=CCN2CCCC[C@@H]2[C@@]2(CC)OC(=O)C=C12. The first-order valence-electron chi connectivity index (χ1n) is 7.07. The van der Waals surface area contributed by atoms with Crippen LogP contribution in [0.2, 0.25) is 0 Å². The number of carbonyl (C=O) groups excluding carboxylic acids is 1. The van der Waals surface area contributed by atoms with Crippen LogP contribution < -0.4 is 0 Å². The van der Waals surface area contributed by atoms with Crippen LogP contribution in [0.5, 0.6) is 0 Å². The van der Waals surface area contributed by atoms with E-state index in [2.05, 4.69) is 23.8 Å². The standard InChI is InChI=1S/C16H19NO2/c1-3-12-8-10-17-9-6-5-7-14(17)16(4-2)13(12)11-15(18)19-16/h1,8,11,14H,4-7,9-10H2,2H3/t14-,16+/m1/s1. The summed E-state index contributed by atoms with van der Waals surface area (Å²) >= 11 is 0. The number of ether oxygens (including phenoxy) is 1. The highest BCUT2D eigenvalue weighted by molar-refractivity contribution is 5.89. The molecule has 0 amide bonds. The molecule has 3 heteroatoms. The van der Waals surface area contributed by atoms with Crippen molar-refractivity contribution in [1.29, 1.82) is 0 Å². The molecule has 3 heterocycles. The minimum atomic E-state index is -0.522. The first kappa shape index (κ1) is 12.5. The van der Waals surface area contributed by atoms with E-state index < -0.39 is 5.60 Å². The van der Waals surface area contributed by atoms with Crippen LogP contribution in [0.15, 0.2) is 23.3 Å². The van der Waals surface area contributed by atoms with Crippen LogP contribution in [0.1, 0.15) is 32.6 Å². The summed E-state index contributed by atoms with van der Waals surface area (Å²) in [6.07, 6.45) is 13.6. The first-order chi connectivity index (χ1) is 9.21. The average molecular weight is 257 g/mol. The van der Waals surface area contributed by atoms with Gasteiger partial charge in [-0.3, -0.25) is 4.90 Å². The van der Waals surface area contributed by atoms with Gasteiger partial charge in [-0.1, -0.05) is 25.3 Å². The van der Waals surface area contributed by atoms with E-state index in [0.717, 1.165) is 37.1 Å². The van der Waals surface area contributed by atoms with E-state index in [4.69, 9.17) is 11.2 Å². The number of esters is 1. The van der Waals surface area contributed by atoms with Gasteiger partial charge in [0.1, 0.15) is 0 Å². The summed E-state index contributed by atoms with van der Waals surface area (Å²) in [6, 6.07) is 0.269. The molecule has 100 valence electrons. The van der Waals surface area contributed by atoms with E-state index >= 15 is 0 Å². The number of piperidine rings is 1. The Kier molecular flexibility index (Phi) is 2.99. The Bertz CT molecular complexity index is 511. The summed E-state index contributed by atoms with van der Waals surface area (Å²) < 4.78 is 5.77. The summed E-state index contributed by atoms with van der Waals surface area (Å²) in [5.41, 5.74) is 1.24. The number of terminal acetylenes is 1.